The van der Waals surface area contributed by atoms with Crippen LogP contribution in [-0.4, -0.2) is 26.5 Å². The highest BCUT2D eigenvalue weighted by Gasteiger charge is 2.21. The summed E-state index contributed by atoms with van der Waals surface area (Å²) in [7, 11) is -2.89. The second-order valence-corrected chi connectivity index (χ2v) is 7.47. The molecule has 0 aliphatic carbocycles. The van der Waals surface area contributed by atoms with Crippen molar-refractivity contribution in [3.63, 3.8) is 0 Å². The molecule has 0 spiro atoms. The van der Waals surface area contributed by atoms with E-state index in [1.54, 1.807) is 0 Å². The average molecular weight is 235 g/mol. The van der Waals surface area contributed by atoms with Gasteiger partial charge in [-0.3, -0.25) is 0 Å². The fourth-order valence-corrected chi connectivity index (χ4v) is 3.30. The molecule has 0 bridgehead atoms. The summed E-state index contributed by atoms with van der Waals surface area (Å²) in [5, 5.41) is 0. The Morgan fingerprint density at radius 1 is 1.33 bits per heavy atom. The molecule has 1 unspecified atom stereocenters. The molecule has 15 heavy (non-hydrogen) atoms. The van der Waals surface area contributed by atoms with E-state index < -0.39 is 9.84 Å². The van der Waals surface area contributed by atoms with Gasteiger partial charge in [-0.15, -0.1) is 0 Å². The molecule has 0 aliphatic rings. The molecule has 0 aromatic heterocycles. The van der Waals surface area contributed by atoms with Crippen molar-refractivity contribution in [3.8, 4) is 0 Å². The summed E-state index contributed by atoms with van der Waals surface area (Å²) in [6, 6.07) is 0. The fraction of sp³-hybridized carbons (Fsp3) is 1.00. The molecule has 3 nitrogen and oxygen atoms in total. The highest BCUT2D eigenvalue weighted by Crippen LogP contribution is 2.20. The third kappa shape index (κ3) is 6.90. The monoisotopic (exact) mass is 235 g/mol. The Morgan fingerprint density at radius 3 is 2.27 bits per heavy atom. The van der Waals surface area contributed by atoms with Crippen LogP contribution in [0.15, 0.2) is 0 Å². The van der Waals surface area contributed by atoms with Crippen molar-refractivity contribution in [2.24, 2.45) is 17.1 Å². The first-order valence-corrected chi connectivity index (χ1v) is 7.45. The Hall–Kier alpha value is -0.0900. The first kappa shape index (κ1) is 14.9. The number of rotatable bonds is 7. The Bertz CT molecular complexity index is 270. The summed E-state index contributed by atoms with van der Waals surface area (Å²) < 4.78 is 23.4. The van der Waals surface area contributed by atoms with E-state index in [2.05, 4.69) is 0 Å². The van der Waals surface area contributed by atoms with Crippen LogP contribution in [0, 0.1) is 11.3 Å². The minimum atomic E-state index is -2.89. The van der Waals surface area contributed by atoms with E-state index >= 15 is 0 Å². The van der Waals surface area contributed by atoms with Crippen molar-refractivity contribution in [1.29, 1.82) is 0 Å². The standard InChI is InChI=1S/C11H25NO2S/c1-5-10(2)8-15(13,14)7-6-11(3,4)9-12/h10H,5-9,12H2,1-4H3. The number of hydrogen-bond acceptors (Lipinski definition) is 3. The lowest BCUT2D eigenvalue weighted by Gasteiger charge is -2.22. The van der Waals surface area contributed by atoms with Gasteiger partial charge < -0.3 is 5.73 Å². The van der Waals surface area contributed by atoms with Crippen LogP contribution in [0.3, 0.4) is 0 Å². The smallest absolute Gasteiger partial charge is 0.150 e. The van der Waals surface area contributed by atoms with E-state index in [1.807, 2.05) is 27.7 Å². The van der Waals surface area contributed by atoms with Crippen LogP contribution >= 0.6 is 0 Å². The molecule has 0 aromatic carbocycles. The number of sulfone groups is 1. The third-order valence-electron chi connectivity index (χ3n) is 2.88. The van der Waals surface area contributed by atoms with Gasteiger partial charge in [-0.1, -0.05) is 34.1 Å². The van der Waals surface area contributed by atoms with E-state index in [4.69, 9.17) is 5.73 Å². The minimum Gasteiger partial charge on any atom is -0.330 e. The van der Waals surface area contributed by atoms with Gasteiger partial charge in [0.05, 0.1) is 11.5 Å². The molecule has 92 valence electrons. The maximum absolute atomic E-state index is 11.7. The van der Waals surface area contributed by atoms with E-state index in [-0.39, 0.29) is 17.1 Å². The van der Waals surface area contributed by atoms with Crippen LogP contribution in [0.1, 0.15) is 40.5 Å². The second-order valence-electron chi connectivity index (χ2n) is 5.25. The zero-order chi connectivity index (χ0) is 12.1. The molecule has 0 saturated heterocycles. The third-order valence-corrected chi connectivity index (χ3v) is 4.78. The maximum Gasteiger partial charge on any atom is 0.150 e. The Morgan fingerprint density at radius 2 is 1.87 bits per heavy atom. The molecule has 0 amide bonds. The van der Waals surface area contributed by atoms with E-state index in [0.29, 0.717) is 18.7 Å². The number of nitrogens with two attached hydrogens (primary N) is 1. The van der Waals surface area contributed by atoms with Crippen LogP contribution in [0.2, 0.25) is 0 Å². The summed E-state index contributed by atoms with van der Waals surface area (Å²) in [5.74, 6) is 0.835. The zero-order valence-electron chi connectivity index (χ0n) is 10.4. The molecule has 1 atom stereocenters. The fourth-order valence-electron chi connectivity index (χ4n) is 1.17. The lowest BCUT2D eigenvalue weighted by molar-refractivity contribution is 0.364. The molecular weight excluding hydrogens is 210 g/mol. The van der Waals surface area contributed by atoms with E-state index in [1.165, 1.54) is 0 Å². The van der Waals surface area contributed by atoms with Crippen molar-refractivity contribution < 1.29 is 8.42 Å². The molecule has 0 aliphatic heterocycles. The van der Waals surface area contributed by atoms with Gasteiger partial charge in [-0.2, -0.15) is 0 Å². The summed E-state index contributed by atoms with van der Waals surface area (Å²) in [5.41, 5.74) is 5.50. The minimum absolute atomic E-state index is 0.0669. The molecular formula is C11H25NO2S. The van der Waals surface area contributed by atoms with Gasteiger partial charge in [0.1, 0.15) is 0 Å². The summed E-state index contributed by atoms with van der Waals surface area (Å²) in [6.45, 7) is 8.54. The molecule has 0 radical (unpaired) electrons. The molecule has 0 heterocycles. The molecule has 0 saturated carbocycles. The predicted molar refractivity (Wildman–Crippen MR) is 65.6 cm³/mol. The second kappa shape index (κ2) is 5.85. The normalized spacial score (nSPS) is 15.3. The quantitative estimate of drug-likeness (QED) is 0.732. The van der Waals surface area contributed by atoms with Crippen LogP contribution in [-0.2, 0) is 9.84 Å². The lowest BCUT2D eigenvalue weighted by atomic mass is 9.91. The SMILES string of the molecule is CCC(C)CS(=O)(=O)CCC(C)(C)CN. The van der Waals surface area contributed by atoms with Gasteiger partial charge in [0.15, 0.2) is 9.84 Å². The van der Waals surface area contributed by atoms with Crippen LogP contribution in [0.4, 0.5) is 0 Å². The zero-order valence-corrected chi connectivity index (χ0v) is 11.2. The Balaban J connectivity index is 4.17. The Labute approximate surface area is 94.4 Å². The van der Waals surface area contributed by atoms with Crippen molar-refractivity contribution in [2.45, 2.75) is 40.5 Å². The lowest BCUT2D eigenvalue weighted by Crippen LogP contribution is -2.28. The predicted octanol–water partition coefficient (Wildman–Crippen LogP) is 1.82. The van der Waals surface area contributed by atoms with Gasteiger partial charge in [-0.25, -0.2) is 8.42 Å². The van der Waals surface area contributed by atoms with Gasteiger partial charge in [-0.05, 0) is 24.3 Å². The molecule has 0 fully saturated rings. The van der Waals surface area contributed by atoms with Crippen molar-refractivity contribution in [3.05, 3.63) is 0 Å². The average Bonchev–Trinajstić information content (AvgIpc) is 2.14. The summed E-state index contributed by atoms with van der Waals surface area (Å²) in [6.07, 6.45) is 1.57. The molecule has 2 N–H and O–H groups in total. The molecule has 0 aromatic rings. The first-order valence-electron chi connectivity index (χ1n) is 5.63. The van der Waals surface area contributed by atoms with Crippen molar-refractivity contribution >= 4 is 9.84 Å². The maximum atomic E-state index is 11.7. The number of hydrogen-bond donors (Lipinski definition) is 1. The topological polar surface area (TPSA) is 60.2 Å². The van der Waals surface area contributed by atoms with Gasteiger partial charge in [0.2, 0.25) is 0 Å². The van der Waals surface area contributed by atoms with Crippen molar-refractivity contribution in [1.82, 2.24) is 0 Å². The Kier molecular flexibility index (Phi) is 5.81. The molecule has 4 heteroatoms. The van der Waals surface area contributed by atoms with Crippen LogP contribution in [0.25, 0.3) is 0 Å². The van der Waals surface area contributed by atoms with Crippen LogP contribution in [0.5, 0.6) is 0 Å². The van der Waals surface area contributed by atoms with Crippen molar-refractivity contribution in [2.75, 3.05) is 18.1 Å². The van der Waals surface area contributed by atoms with E-state index in [9.17, 15) is 8.42 Å². The molecule has 0 rings (SSSR count). The summed E-state index contributed by atoms with van der Waals surface area (Å²) in [4.78, 5) is 0. The van der Waals surface area contributed by atoms with E-state index in [0.717, 1.165) is 6.42 Å². The largest absolute Gasteiger partial charge is 0.330 e. The van der Waals surface area contributed by atoms with Crippen LogP contribution < -0.4 is 5.73 Å². The highest BCUT2D eigenvalue weighted by molar-refractivity contribution is 7.91. The van der Waals surface area contributed by atoms with Gasteiger partial charge in [0.25, 0.3) is 0 Å². The highest BCUT2D eigenvalue weighted by atomic mass is 32.2. The van der Waals surface area contributed by atoms with Gasteiger partial charge >= 0.3 is 0 Å². The van der Waals surface area contributed by atoms with Gasteiger partial charge in [0, 0.05) is 0 Å². The first-order chi connectivity index (χ1) is 6.72. The summed E-state index contributed by atoms with van der Waals surface area (Å²) >= 11 is 0.